The third kappa shape index (κ3) is 9.94. The van der Waals surface area contributed by atoms with E-state index in [1.54, 1.807) is 4.90 Å². The zero-order valence-electron chi connectivity index (χ0n) is 14.2. The van der Waals surface area contributed by atoms with Crippen LogP contribution >= 0.6 is 0 Å². The Hall–Kier alpha value is -1.56. The summed E-state index contributed by atoms with van der Waals surface area (Å²) in [7, 11) is 1.85. The Morgan fingerprint density at radius 2 is 1.26 bits per heavy atom. The maximum Gasteiger partial charge on any atom is 0 e. The van der Waals surface area contributed by atoms with Crippen LogP contribution in [-0.4, -0.2) is 13.0 Å². The summed E-state index contributed by atoms with van der Waals surface area (Å²) in [6.45, 7) is 23.4. The minimum atomic E-state index is -0.344. The molecule has 0 unspecified atom stereocenters. The fraction of sp³-hybridized carbons (Fsp3) is 0.412. The Labute approximate surface area is 149 Å². The van der Waals surface area contributed by atoms with E-state index in [9.17, 15) is 4.79 Å². The number of benzene rings is 1. The van der Waals surface area contributed by atoms with Gasteiger partial charge in [-0.1, -0.05) is 39.0 Å². The van der Waals surface area contributed by atoms with Crippen LogP contribution in [0.5, 0.6) is 0 Å². The molecule has 0 saturated heterocycles. The van der Waals surface area contributed by atoms with Crippen LogP contribution in [0.25, 0.3) is 0 Å². The van der Waals surface area contributed by atoms with Crippen LogP contribution in [0.4, 0.5) is 5.69 Å². The van der Waals surface area contributed by atoms with Crippen LogP contribution in [0.3, 0.4) is 0 Å². The topological polar surface area (TPSA) is 80.0 Å². The van der Waals surface area contributed by atoms with Gasteiger partial charge >= 0.3 is 33.9 Å². The molecular weight excluding hydrogens is 334 g/mol. The number of nitrogens with zero attached hydrogens (tertiary/aromatic N) is 1. The van der Waals surface area contributed by atoms with Crippen molar-refractivity contribution in [2.24, 2.45) is 5.41 Å². The summed E-state index contributed by atoms with van der Waals surface area (Å²) in [5.41, 5.74) is 2.96. The molecule has 0 atom stereocenters. The molecule has 1 amide bonds. The van der Waals surface area contributed by atoms with Gasteiger partial charge < -0.3 is 4.90 Å². The van der Waals surface area contributed by atoms with Crippen molar-refractivity contribution < 1.29 is 36.1 Å². The normalized spacial score (nSPS) is 8.17. The quantitative estimate of drug-likeness (QED) is 0.563. The minimum absolute atomic E-state index is 0. The van der Waals surface area contributed by atoms with Gasteiger partial charge in [0.05, 0.1) is 0 Å². The van der Waals surface area contributed by atoms with Gasteiger partial charge in [-0.2, -0.15) is 0 Å². The Morgan fingerprint density at radius 1 is 0.957 bits per heavy atom. The maximum absolute atomic E-state index is 12.2. The van der Waals surface area contributed by atoms with Gasteiger partial charge in [-0.3, -0.25) is 4.79 Å². The number of amides is 1. The van der Waals surface area contributed by atoms with Crippen molar-refractivity contribution in [1.29, 1.82) is 0 Å². The molecule has 0 heterocycles. The SMILES string of the molecule is Cc1cccc(C)c1N(C)C(=O)C(C)(C)C.[C-]#[O+].[C-]#[O+].[C-]#[O+].[Cr]. The van der Waals surface area contributed by atoms with E-state index >= 15 is 0 Å². The van der Waals surface area contributed by atoms with Crippen LogP contribution in [0.1, 0.15) is 31.9 Å². The fourth-order valence-electron chi connectivity index (χ4n) is 1.94. The largest absolute Gasteiger partial charge is 0 e. The number of para-hydroxylation sites is 1. The molecule has 0 N–H and O–H groups in total. The smallest absolute Gasteiger partial charge is 0 e. The second-order valence-electron chi connectivity index (χ2n) is 5.35. The Bertz CT molecular complexity index is 493. The van der Waals surface area contributed by atoms with Crippen LogP contribution in [0, 0.1) is 39.2 Å². The summed E-state index contributed by atoms with van der Waals surface area (Å²) in [5.74, 6) is 0.143. The third-order valence-corrected chi connectivity index (χ3v) is 2.72. The van der Waals surface area contributed by atoms with Gasteiger partial charge in [-0.25, -0.2) is 0 Å². The van der Waals surface area contributed by atoms with E-state index in [-0.39, 0.29) is 28.7 Å². The molecule has 23 heavy (non-hydrogen) atoms. The third-order valence-electron chi connectivity index (χ3n) is 2.72. The van der Waals surface area contributed by atoms with Gasteiger partial charge in [-0.05, 0) is 25.0 Å². The van der Waals surface area contributed by atoms with Gasteiger partial charge in [0.25, 0.3) is 0 Å². The van der Waals surface area contributed by atoms with Crippen molar-refractivity contribution in [1.82, 2.24) is 0 Å². The number of anilines is 1. The summed E-state index contributed by atoms with van der Waals surface area (Å²) in [6.07, 6.45) is 0. The number of aryl methyl sites for hydroxylation is 2. The monoisotopic (exact) mass is 355 g/mol. The number of rotatable bonds is 1. The molecule has 0 fully saturated rings. The molecule has 0 spiro atoms. The van der Waals surface area contributed by atoms with Gasteiger partial charge in [-0.15, -0.1) is 0 Å². The van der Waals surface area contributed by atoms with E-state index in [0.29, 0.717) is 0 Å². The first-order chi connectivity index (χ1) is 10.2. The van der Waals surface area contributed by atoms with Crippen LogP contribution in [0.15, 0.2) is 18.2 Å². The zero-order valence-corrected chi connectivity index (χ0v) is 15.5. The van der Waals surface area contributed by atoms with Gasteiger partial charge in [0.2, 0.25) is 5.91 Å². The van der Waals surface area contributed by atoms with E-state index in [2.05, 4.69) is 20.0 Å². The molecule has 6 heteroatoms. The number of hydrogen-bond acceptors (Lipinski definition) is 1. The summed E-state index contributed by atoms with van der Waals surface area (Å²) < 4.78 is 22.5. The average Bonchev–Trinajstić information content (AvgIpc) is 2.51. The van der Waals surface area contributed by atoms with Gasteiger partial charge in [0, 0.05) is 35.5 Å². The van der Waals surface area contributed by atoms with Gasteiger partial charge in [0.15, 0.2) is 0 Å². The fourth-order valence-corrected chi connectivity index (χ4v) is 1.94. The standard InChI is InChI=1S/C14H21NO.3CO.Cr/c1-10-8-7-9-11(2)12(10)15(6)13(16)14(3,4)5;3*1-2;/h7-9H,1-6H3;;;;. The number of carbonyl (C=O) groups excluding carboxylic acids is 1. The molecule has 1 rings (SSSR count). The van der Waals surface area contributed by atoms with Crippen molar-refractivity contribution in [3.05, 3.63) is 49.3 Å². The Morgan fingerprint density at radius 3 is 1.52 bits per heavy atom. The van der Waals surface area contributed by atoms with Crippen molar-refractivity contribution >= 4 is 11.6 Å². The number of carbonyl (C=O) groups is 1. The van der Waals surface area contributed by atoms with Crippen molar-refractivity contribution in [2.45, 2.75) is 34.6 Å². The summed E-state index contributed by atoms with van der Waals surface area (Å²) in [4.78, 5) is 14.0. The van der Waals surface area contributed by atoms with E-state index < -0.39 is 0 Å². The maximum atomic E-state index is 12.2. The summed E-state index contributed by atoms with van der Waals surface area (Å²) in [6, 6.07) is 6.09. The number of hydrogen-bond donors (Lipinski definition) is 0. The first-order valence-corrected chi connectivity index (χ1v) is 6.20. The molecule has 0 saturated carbocycles. The second kappa shape index (κ2) is 15.3. The van der Waals surface area contributed by atoms with E-state index in [4.69, 9.17) is 14.0 Å². The first-order valence-electron chi connectivity index (χ1n) is 6.20. The van der Waals surface area contributed by atoms with Crippen molar-refractivity contribution in [3.8, 4) is 0 Å². The van der Waals surface area contributed by atoms with Crippen LogP contribution < -0.4 is 4.90 Å². The molecule has 0 aromatic heterocycles. The molecule has 1 aromatic carbocycles. The predicted molar refractivity (Wildman–Crippen MR) is 80.6 cm³/mol. The molecular formula is C17H21CrNO4. The van der Waals surface area contributed by atoms with Crippen LogP contribution in [0.2, 0.25) is 0 Å². The molecule has 0 radical (unpaired) electrons. The molecule has 124 valence electrons. The molecule has 0 aliphatic heterocycles. The zero-order chi connectivity index (χ0) is 18.5. The van der Waals surface area contributed by atoms with E-state index in [0.717, 1.165) is 16.8 Å². The summed E-state index contributed by atoms with van der Waals surface area (Å²) >= 11 is 0. The predicted octanol–water partition coefficient (Wildman–Crippen LogP) is 3.20. The second-order valence-corrected chi connectivity index (χ2v) is 5.35. The molecule has 0 bridgehead atoms. The molecule has 0 aliphatic rings. The average molecular weight is 355 g/mol. The Kier molecular flexibility index (Phi) is 19.6. The van der Waals surface area contributed by atoms with Crippen molar-refractivity contribution in [3.63, 3.8) is 0 Å². The van der Waals surface area contributed by atoms with Gasteiger partial charge in [0.1, 0.15) is 0 Å². The van der Waals surface area contributed by atoms with E-state index in [1.165, 1.54) is 0 Å². The minimum Gasteiger partial charge on any atom is 0 e. The molecule has 0 aliphatic carbocycles. The molecule has 5 nitrogen and oxygen atoms in total. The molecule has 1 aromatic rings. The van der Waals surface area contributed by atoms with E-state index in [1.807, 2.05) is 59.9 Å². The van der Waals surface area contributed by atoms with Crippen LogP contribution in [-0.2, 0) is 36.1 Å². The van der Waals surface area contributed by atoms with Crippen molar-refractivity contribution in [2.75, 3.05) is 11.9 Å². The Balaban J connectivity index is -0.000000231. The first kappa shape index (κ1) is 29.5. The summed E-state index contributed by atoms with van der Waals surface area (Å²) in [5, 5.41) is 0.